The van der Waals surface area contributed by atoms with Crippen molar-refractivity contribution in [3.63, 3.8) is 0 Å². The maximum absolute atomic E-state index is 11.0. The van der Waals surface area contributed by atoms with Gasteiger partial charge in [-0.25, -0.2) is 4.79 Å². The van der Waals surface area contributed by atoms with Gasteiger partial charge in [0.25, 0.3) is 0 Å². The minimum absolute atomic E-state index is 0.186. The summed E-state index contributed by atoms with van der Waals surface area (Å²) < 4.78 is 9.83. The Bertz CT molecular complexity index is 149. The quantitative estimate of drug-likeness (QED) is 0.560. The molecule has 0 aromatic carbocycles. The highest BCUT2D eigenvalue weighted by Gasteiger charge is 2.32. The van der Waals surface area contributed by atoms with Crippen molar-refractivity contribution >= 4 is 5.97 Å². The van der Waals surface area contributed by atoms with E-state index in [-0.39, 0.29) is 12.0 Å². The molecule has 0 aromatic rings. The first-order valence-corrected chi connectivity index (χ1v) is 3.79. The summed E-state index contributed by atoms with van der Waals surface area (Å²) in [4.78, 5) is 11.0. The van der Waals surface area contributed by atoms with Crippen molar-refractivity contribution in [2.45, 2.75) is 25.5 Å². The largest absolute Gasteiger partial charge is 0.464 e. The summed E-state index contributed by atoms with van der Waals surface area (Å²) in [7, 11) is 0. The van der Waals surface area contributed by atoms with Crippen LogP contribution in [0.1, 0.15) is 13.3 Å². The van der Waals surface area contributed by atoms with Gasteiger partial charge in [0.2, 0.25) is 0 Å². The Kier molecular flexibility index (Phi) is 2.84. The number of rotatable bonds is 2. The molecule has 1 saturated heterocycles. The van der Waals surface area contributed by atoms with Crippen LogP contribution in [-0.2, 0) is 14.3 Å². The Labute approximate surface area is 65.7 Å². The van der Waals surface area contributed by atoms with E-state index in [0.717, 1.165) is 6.42 Å². The molecule has 4 nitrogen and oxygen atoms in total. The number of hydrogen-bond acceptors (Lipinski definition) is 4. The summed E-state index contributed by atoms with van der Waals surface area (Å²) in [5, 5.41) is 0. The summed E-state index contributed by atoms with van der Waals surface area (Å²) in [6.07, 6.45) is 0.207. The molecular formula is C7H13NO3. The summed E-state index contributed by atoms with van der Waals surface area (Å²) in [6.45, 7) is 2.70. The smallest absolute Gasteiger partial charge is 0.336 e. The highest BCUT2D eigenvalue weighted by atomic mass is 16.6. The molecule has 11 heavy (non-hydrogen) atoms. The van der Waals surface area contributed by atoms with E-state index in [1.54, 1.807) is 6.92 Å². The Morgan fingerprint density at radius 1 is 1.82 bits per heavy atom. The molecule has 0 aromatic heterocycles. The molecule has 1 aliphatic rings. The second-order valence-corrected chi connectivity index (χ2v) is 2.50. The van der Waals surface area contributed by atoms with Crippen molar-refractivity contribution in [2.24, 2.45) is 5.73 Å². The van der Waals surface area contributed by atoms with Gasteiger partial charge in [0, 0.05) is 12.6 Å². The monoisotopic (exact) mass is 159 g/mol. The average Bonchev–Trinajstić information content (AvgIpc) is 2.36. The van der Waals surface area contributed by atoms with Crippen molar-refractivity contribution < 1.29 is 14.3 Å². The number of esters is 1. The van der Waals surface area contributed by atoms with Gasteiger partial charge in [0.1, 0.15) is 0 Å². The molecule has 0 bridgehead atoms. The van der Waals surface area contributed by atoms with E-state index in [4.69, 9.17) is 15.2 Å². The summed E-state index contributed by atoms with van der Waals surface area (Å²) in [5.74, 6) is -0.336. The fraction of sp³-hybridized carbons (Fsp3) is 0.857. The second kappa shape index (κ2) is 3.69. The van der Waals surface area contributed by atoms with Gasteiger partial charge >= 0.3 is 5.97 Å². The molecule has 2 N–H and O–H groups in total. The Morgan fingerprint density at radius 2 is 2.55 bits per heavy atom. The van der Waals surface area contributed by atoms with Crippen molar-refractivity contribution in [1.82, 2.24) is 0 Å². The van der Waals surface area contributed by atoms with Gasteiger partial charge in [-0.05, 0) is 13.3 Å². The minimum Gasteiger partial charge on any atom is -0.464 e. The third-order valence-electron chi connectivity index (χ3n) is 1.66. The molecule has 1 aliphatic heterocycles. The lowest BCUT2D eigenvalue weighted by Gasteiger charge is -2.11. The zero-order valence-electron chi connectivity index (χ0n) is 6.58. The number of ether oxygens (including phenoxy) is 2. The summed E-state index contributed by atoms with van der Waals surface area (Å²) in [6, 6.07) is -0.186. The van der Waals surface area contributed by atoms with Crippen LogP contribution in [0.2, 0.25) is 0 Å². The van der Waals surface area contributed by atoms with Crippen LogP contribution in [0.4, 0.5) is 0 Å². The molecule has 1 heterocycles. The van der Waals surface area contributed by atoms with Crippen LogP contribution in [0.25, 0.3) is 0 Å². The molecule has 0 radical (unpaired) electrons. The molecule has 4 heteroatoms. The number of hydrogen-bond donors (Lipinski definition) is 1. The van der Waals surface area contributed by atoms with Gasteiger partial charge < -0.3 is 15.2 Å². The predicted octanol–water partition coefficient (Wildman–Crippen LogP) is -0.334. The van der Waals surface area contributed by atoms with Gasteiger partial charge in [0.15, 0.2) is 6.10 Å². The first-order chi connectivity index (χ1) is 5.25. The molecule has 0 unspecified atom stereocenters. The van der Waals surface area contributed by atoms with Crippen LogP contribution >= 0.6 is 0 Å². The summed E-state index contributed by atoms with van der Waals surface area (Å²) in [5.41, 5.74) is 5.58. The molecule has 0 amide bonds. The maximum Gasteiger partial charge on any atom is 0.336 e. The molecule has 0 spiro atoms. The number of nitrogens with two attached hydrogens (primary N) is 1. The van der Waals surface area contributed by atoms with Crippen molar-refractivity contribution in [1.29, 1.82) is 0 Å². The summed E-state index contributed by atoms with van der Waals surface area (Å²) >= 11 is 0. The van der Waals surface area contributed by atoms with Crippen LogP contribution < -0.4 is 5.73 Å². The standard InChI is InChI=1S/C7H13NO3/c1-2-10-7(9)6-5(8)3-4-11-6/h5-6H,2-4,8H2,1H3/t5-,6-/m1/s1. The lowest BCUT2D eigenvalue weighted by molar-refractivity contribution is -0.154. The van der Waals surface area contributed by atoms with Gasteiger partial charge in [-0.3, -0.25) is 0 Å². The van der Waals surface area contributed by atoms with Gasteiger partial charge in [-0.1, -0.05) is 0 Å². The van der Waals surface area contributed by atoms with Crippen LogP contribution in [0.3, 0.4) is 0 Å². The van der Waals surface area contributed by atoms with Crippen LogP contribution in [0.5, 0.6) is 0 Å². The van der Waals surface area contributed by atoms with E-state index >= 15 is 0 Å². The van der Waals surface area contributed by atoms with E-state index < -0.39 is 6.10 Å². The van der Waals surface area contributed by atoms with Crippen LogP contribution in [0, 0.1) is 0 Å². The maximum atomic E-state index is 11.0. The number of carbonyl (C=O) groups excluding carboxylic acids is 1. The second-order valence-electron chi connectivity index (χ2n) is 2.50. The zero-order valence-corrected chi connectivity index (χ0v) is 6.58. The fourth-order valence-corrected chi connectivity index (χ4v) is 1.07. The van der Waals surface area contributed by atoms with Crippen LogP contribution in [-0.4, -0.2) is 31.3 Å². The predicted molar refractivity (Wildman–Crippen MR) is 39.0 cm³/mol. The normalized spacial score (nSPS) is 30.4. The number of carbonyl (C=O) groups is 1. The van der Waals surface area contributed by atoms with E-state index in [9.17, 15) is 4.79 Å². The van der Waals surface area contributed by atoms with Gasteiger partial charge in [0.05, 0.1) is 6.61 Å². The third-order valence-corrected chi connectivity index (χ3v) is 1.66. The van der Waals surface area contributed by atoms with Crippen molar-refractivity contribution in [3.05, 3.63) is 0 Å². The first kappa shape index (κ1) is 8.49. The van der Waals surface area contributed by atoms with Crippen molar-refractivity contribution in [3.8, 4) is 0 Å². The molecule has 0 saturated carbocycles. The lowest BCUT2D eigenvalue weighted by atomic mass is 10.1. The zero-order chi connectivity index (χ0) is 8.27. The highest BCUT2D eigenvalue weighted by Crippen LogP contribution is 2.12. The molecular weight excluding hydrogens is 146 g/mol. The lowest BCUT2D eigenvalue weighted by Crippen LogP contribution is -2.37. The van der Waals surface area contributed by atoms with E-state index in [1.165, 1.54) is 0 Å². The Hall–Kier alpha value is -0.610. The van der Waals surface area contributed by atoms with Crippen LogP contribution in [0.15, 0.2) is 0 Å². The van der Waals surface area contributed by atoms with Crippen molar-refractivity contribution in [2.75, 3.05) is 13.2 Å². The topological polar surface area (TPSA) is 61.5 Å². The molecule has 0 aliphatic carbocycles. The first-order valence-electron chi connectivity index (χ1n) is 3.79. The SMILES string of the molecule is CCOC(=O)[C@@H]1OCC[C@H]1N. The van der Waals surface area contributed by atoms with E-state index in [2.05, 4.69) is 0 Å². The molecule has 1 fully saturated rings. The van der Waals surface area contributed by atoms with Gasteiger partial charge in [-0.2, -0.15) is 0 Å². The minimum atomic E-state index is -0.532. The average molecular weight is 159 g/mol. The van der Waals surface area contributed by atoms with E-state index in [1.807, 2.05) is 0 Å². The Morgan fingerprint density at radius 3 is 3.00 bits per heavy atom. The molecule has 64 valence electrons. The molecule has 1 rings (SSSR count). The fourth-order valence-electron chi connectivity index (χ4n) is 1.07. The third kappa shape index (κ3) is 1.91. The van der Waals surface area contributed by atoms with Gasteiger partial charge in [-0.15, -0.1) is 0 Å². The van der Waals surface area contributed by atoms with E-state index in [0.29, 0.717) is 13.2 Å². The highest BCUT2D eigenvalue weighted by molar-refractivity contribution is 5.75. The molecule has 2 atom stereocenters. The Balaban J connectivity index is 2.39.